The maximum absolute atomic E-state index is 13.3. The first-order valence-corrected chi connectivity index (χ1v) is 14.9. The van der Waals surface area contributed by atoms with E-state index in [0.717, 1.165) is 73.0 Å². The molecule has 3 aromatic rings. The van der Waals surface area contributed by atoms with Crippen molar-refractivity contribution in [2.75, 3.05) is 29.9 Å². The van der Waals surface area contributed by atoms with Crippen molar-refractivity contribution in [1.82, 2.24) is 20.6 Å². The Morgan fingerprint density at radius 3 is 2.78 bits per heavy atom. The summed E-state index contributed by atoms with van der Waals surface area (Å²) in [5, 5.41) is 20.9. The van der Waals surface area contributed by atoms with Crippen molar-refractivity contribution in [3.63, 3.8) is 0 Å². The highest BCUT2D eigenvalue weighted by Crippen LogP contribution is 2.27. The normalized spacial score (nSPS) is 19.7. The van der Waals surface area contributed by atoms with E-state index in [4.69, 9.17) is 14.1 Å². The number of amides is 1. The molecule has 0 bridgehead atoms. The number of ether oxygens (including phenoxy) is 1. The van der Waals surface area contributed by atoms with Crippen LogP contribution in [-0.2, 0) is 19.6 Å². The van der Waals surface area contributed by atoms with Gasteiger partial charge in [0.15, 0.2) is 12.2 Å². The number of oxazole rings is 1. The van der Waals surface area contributed by atoms with Crippen LogP contribution in [0.2, 0.25) is 0 Å². The second-order valence-electron chi connectivity index (χ2n) is 11.5. The number of piperidine rings is 1. The minimum Gasteiger partial charge on any atom is -0.486 e. The minimum absolute atomic E-state index is 0.163. The van der Waals surface area contributed by atoms with Crippen molar-refractivity contribution in [2.24, 2.45) is 0 Å². The van der Waals surface area contributed by atoms with Crippen LogP contribution in [0.15, 0.2) is 41.1 Å². The van der Waals surface area contributed by atoms with E-state index < -0.39 is 6.10 Å². The van der Waals surface area contributed by atoms with E-state index in [2.05, 4.69) is 25.8 Å². The fourth-order valence-electron chi connectivity index (χ4n) is 5.70. The summed E-state index contributed by atoms with van der Waals surface area (Å²) in [4.78, 5) is 24.5. The van der Waals surface area contributed by atoms with Crippen LogP contribution in [0.5, 0.6) is 5.75 Å². The molecule has 0 radical (unpaired) electrons. The third-order valence-corrected chi connectivity index (χ3v) is 8.53. The molecular weight excluding hydrogens is 520 g/mol. The molecule has 1 aliphatic carbocycles. The van der Waals surface area contributed by atoms with E-state index in [0.29, 0.717) is 36.9 Å². The van der Waals surface area contributed by atoms with Crippen molar-refractivity contribution in [2.45, 2.75) is 83.2 Å². The Balaban J connectivity index is 1.05. The maximum atomic E-state index is 13.3. The standard InChI is InChI=1S/C31H40N6O4/c1-20-28(41-19-34-20)18-40-25-9-8-21-13-26(32-16-23(21)12-25)27(38)17-33-31(39)22-14-29(35-24-6-5-7-24)36-30(15-22)37-10-3-2-4-11-37/h8-9,12,14-15,19,24,26-27,32,38H,2-7,10-11,13,16-18H2,1H3,(H,33,39)(H,35,36)/t26-,27+/m0/s1. The van der Waals surface area contributed by atoms with Crippen LogP contribution >= 0.6 is 0 Å². The van der Waals surface area contributed by atoms with Crippen molar-refractivity contribution in [1.29, 1.82) is 0 Å². The van der Waals surface area contributed by atoms with Gasteiger partial charge in [0.1, 0.15) is 24.0 Å². The molecule has 3 aliphatic rings. The second-order valence-corrected chi connectivity index (χ2v) is 11.5. The summed E-state index contributed by atoms with van der Waals surface area (Å²) in [5.74, 6) is 2.89. The van der Waals surface area contributed by atoms with Crippen molar-refractivity contribution in [3.8, 4) is 5.75 Å². The molecule has 10 heteroatoms. The Bertz CT molecular complexity index is 1350. The predicted octanol–water partition coefficient (Wildman–Crippen LogP) is 3.72. The van der Waals surface area contributed by atoms with Crippen LogP contribution in [-0.4, -0.2) is 58.8 Å². The summed E-state index contributed by atoms with van der Waals surface area (Å²) < 4.78 is 11.2. The van der Waals surface area contributed by atoms with Gasteiger partial charge in [-0.1, -0.05) is 6.07 Å². The van der Waals surface area contributed by atoms with Crippen molar-refractivity contribution < 1.29 is 19.1 Å². The molecule has 6 rings (SSSR count). The number of carbonyl (C=O) groups is 1. The number of hydrogen-bond acceptors (Lipinski definition) is 9. The highest BCUT2D eigenvalue weighted by molar-refractivity contribution is 5.95. The second kappa shape index (κ2) is 12.5. The molecule has 218 valence electrons. The Labute approximate surface area is 240 Å². The van der Waals surface area contributed by atoms with Crippen LogP contribution in [0, 0.1) is 6.92 Å². The van der Waals surface area contributed by atoms with Gasteiger partial charge < -0.3 is 35.1 Å². The molecule has 41 heavy (non-hydrogen) atoms. The molecule has 1 saturated carbocycles. The zero-order valence-corrected chi connectivity index (χ0v) is 23.7. The number of aromatic nitrogens is 2. The molecule has 1 amide bonds. The van der Waals surface area contributed by atoms with Crippen LogP contribution in [0.25, 0.3) is 0 Å². The zero-order chi connectivity index (χ0) is 28.2. The fraction of sp³-hybridized carbons (Fsp3) is 0.516. The molecular formula is C31H40N6O4. The van der Waals surface area contributed by atoms with E-state index in [-0.39, 0.29) is 18.5 Å². The van der Waals surface area contributed by atoms with Crippen molar-refractivity contribution in [3.05, 3.63) is 64.9 Å². The van der Waals surface area contributed by atoms with E-state index in [1.807, 2.05) is 37.3 Å². The van der Waals surface area contributed by atoms with Gasteiger partial charge in [-0.05, 0) is 87.3 Å². The lowest BCUT2D eigenvalue weighted by atomic mass is 9.92. The van der Waals surface area contributed by atoms with E-state index in [9.17, 15) is 9.90 Å². The number of benzene rings is 1. The average Bonchev–Trinajstić information content (AvgIpc) is 3.40. The highest BCUT2D eigenvalue weighted by atomic mass is 16.5. The van der Waals surface area contributed by atoms with Crippen LogP contribution in [0.1, 0.15) is 71.5 Å². The first kappa shape index (κ1) is 27.5. The Hall–Kier alpha value is -3.63. The van der Waals surface area contributed by atoms with E-state index in [1.54, 1.807) is 0 Å². The number of anilines is 2. The third kappa shape index (κ3) is 6.65. The topological polar surface area (TPSA) is 125 Å². The lowest BCUT2D eigenvalue weighted by Crippen LogP contribution is -2.49. The SMILES string of the molecule is Cc1ncoc1COc1ccc2c(c1)CN[C@H]([C@H](O)CNC(=O)c1cc(NC3CCC3)nc(N3CCCCC3)c1)C2. The van der Waals surface area contributed by atoms with E-state index >= 15 is 0 Å². The van der Waals surface area contributed by atoms with Gasteiger partial charge in [0.25, 0.3) is 5.91 Å². The summed E-state index contributed by atoms with van der Waals surface area (Å²) in [6.45, 7) is 4.92. The Morgan fingerprint density at radius 1 is 1.17 bits per heavy atom. The number of pyridine rings is 1. The quantitative estimate of drug-likeness (QED) is 0.294. The molecule has 2 aliphatic heterocycles. The number of carbonyl (C=O) groups excluding carboxylic acids is 1. The molecule has 4 N–H and O–H groups in total. The third-order valence-electron chi connectivity index (χ3n) is 8.53. The number of nitrogens with zero attached hydrogens (tertiary/aromatic N) is 3. The van der Waals surface area contributed by atoms with Gasteiger partial charge in [-0.25, -0.2) is 9.97 Å². The van der Waals surface area contributed by atoms with Gasteiger partial charge in [-0.3, -0.25) is 4.79 Å². The van der Waals surface area contributed by atoms with Crippen LogP contribution < -0.4 is 25.6 Å². The number of nitrogens with one attached hydrogen (secondary N) is 3. The largest absolute Gasteiger partial charge is 0.486 e. The number of aliphatic hydroxyl groups is 1. The summed E-state index contributed by atoms with van der Waals surface area (Å²) in [6.07, 6.45) is 8.38. The number of hydrogen-bond donors (Lipinski definition) is 4. The first-order valence-electron chi connectivity index (χ1n) is 14.9. The smallest absolute Gasteiger partial charge is 0.251 e. The average molecular weight is 561 g/mol. The van der Waals surface area contributed by atoms with Gasteiger partial charge in [0, 0.05) is 43.8 Å². The Kier molecular flexibility index (Phi) is 8.38. The van der Waals surface area contributed by atoms with Crippen LogP contribution in [0.4, 0.5) is 11.6 Å². The first-order chi connectivity index (χ1) is 20.0. The van der Waals surface area contributed by atoms with Gasteiger partial charge in [0.2, 0.25) is 0 Å². The maximum Gasteiger partial charge on any atom is 0.251 e. The fourth-order valence-corrected chi connectivity index (χ4v) is 5.70. The zero-order valence-electron chi connectivity index (χ0n) is 23.7. The molecule has 2 atom stereocenters. The minimum atomic E-state index is -0.728. The molecule has 2 aromatic heterocycles. The predicted molar refractivity (Wildman–Crippen MR) is 156 cm³/mol. The summed E-state index contributed by atoms with van der Waals surface area (Å²) in [7, 11) is 0. The molecule has 0 spiro atoms. The summed E-state index contributed by atoms with van der Waals surface area (Å²) in [6, 6.07) is 10.0. The number of aliphatic hydroxyl groups excluding tert-OH is 1. The molecule has 1 saturated heterocycles. The highest BCUT2D eigenvalue weighted by Gasteiger charge is 2.26. The van der Waals surface area contributed by atoms with Gasteiger partial charge >= 0.3 is 0 Å². The molecule has 4 heterocycles. The van der Waals surface area contributed by atoms with Gasteiger partial charge in [0.05, 0.1) is 11.8 Å². The number of fused-ring (bicyclic) bond motifs is 1. The molecule has 2 fully saturated rings. The molecule has 0 unspecified atom stereocenters. The van der Waals surface area contributed by atoms with E-state index in [1.165, 1.54) is 19.2 Å². The van der Waals surface area contributed by atoms with Gasteiger partial charge in [-0.2, -0.15) is 0 Å². The molecule has 10 nitrogen and oxygen atoms in total. The Morgan fingerprint density at radius 2 is 2.02 bits per heavy atom. The number of aryl methyl sites for hydroxylation is 1. The lowest BCUT2D eigenvalue weighted by molar-refractivity contribution is 0.0870. The summed E-state index contributed by atoms with van der Waals surface area (Å²) >= 11 is 0. The van der Waals surface area contributed by atoms with Gasteiger partial charge in [-0.15, -0.1) is 0 Å². The van der Waals surface area contributed by atoms with Crippen LogP contribution in [0.3, 0.4) is 0 Å². The number of rotatable bonds is 10. The van der Waals surface area contributed by atoms with Crippen molar-refractivity contribution >= 4 is 17.5 Å². The monoisotopic (exact) mass is 560 g/mol. The summed E-state index contributed by atoms with van der Waals surface area (Å²) in [5.41, 5.74) is 3.70. The lowest BCUT2D eigenvalue weighted by Gasteiger charge is -2.31. The molecule has 1 aromatic carbocycles.